The van der Waals surface area contributed by atoms with Gasteiger partial charge in [0.2, 0.25) is 5.91 Å². The van der Waals surface area contributed by atoms with E-state index >= 15 is 0 Å². The van der Waals surface area contributed by atoms with Gasteiger partial charge in [-0.15, -0.1) is 0 Å². The number of rotatable bonds is 8. The van der Waals surface area contributed by atoms with E-state index in [9.17, 15) is 9.59 Å². The Bertz CT molecular complexity index is 348. The van der Waals surface area contributed by atoms with Gasteiger partial charge in [-0.05, 0) is 25.1 Å². The number of amides is 1. The molecule has 0 fully saturated rings. The first kappa shape index (κ1) is 13.2. The molecule has 1 heterocycles. The van der Waals surface area contributed by atoms with Crippen molar-refractivity contribution in [3.63, 3.8) is 0 Å². The van der Waals surface area contributed by atoms with Gasteiger partial charge >= 0.3 is 5.97 Å². The van der Waals surface area contributed by atoms with Crippen molar-refractivity contribution in [1.82, 2.24) is 10.6 Å². The maximum absolute atomic E-state index is 11.3. The minimum absolute atomic E-state index is 0.112. The lowest BCUT2D eigenvalue weighted by molar-refractivity contribution is -0.137. The molecule has 94 valence electrons. The molecule has 0 unspecified atom stereocenters. The fourth-order valence-electron chi connectivity index (χ4n) is 1.23. The van der Waals surface area contributed by atoms with E-state index in [1.165, 1.54) is 0 Å². The first-order chi connectivity index (χ1) is 8.18. The number of aliphatic carboxylic acids is 1. The van der Waals surface area contributed by atoms with Crippen LogP contribution >= 0.6 is 0 Å². The van der Waals surface area contributed by atoms with Gasteiger partial charge in [0.15, 0.2) is 0 Å². The van der Waals surface area contributed by atoms with Gasteiger partial charge < -0.3 is 20.2 Å². The Morgan fingerprint density at radius 1 is 1.41 bits per heavy atom. The topological polar surface area (TPSA) is 91.6 Å². The van der Waals surface area contributed by atoms with E-state index in [0.29, 0.717) is 25.3 Å². The first-order valence-electron chi connectivity index (χ1n) is 5.40. The Hall–Kier alpha value is -1.82. The van der Waals surface area contributed by atoms with Crippen LogP contribution in [-0.2, 0) is 16.1 Å². The molecule has 3 N–H and O–H groups in total. The molecule has 0 aliphatic carbocycles. The van der Waals surface area contributed by atoms with Crippen molar-refractivity contribution < 1.29 is 19.1 Å². The second-order valence-electron chi connectivity index (χ2n) is 3.53. The maximum atomic E-state index is 11.3. The number of carbonyl (C=O) groups is 2. The molecule has 6 nitrogen and oxygen atoms in total. The molecule has 0 aliphatic heterocycles. The number of hydrogen-bond acceptors (Lipinski definition) is 4. The quantitative estimate of drug-likeness (QED) is 0.570. The average Bonchev–Trinajstić information content (AvgIpc) is 2.78. The standard InChI is InChI=1S/C11H16N2O4/c14-10(8-12-5-1-4-11(15)16)13-7-9-3-2-6-17-9/h2-3,6,12H,1,4-5,7-8H2,(H,13,14)(H,15,16). The Labute approximate surface area is 99.0 Å². The SMILES string of the molecule is O=C(O)CCCNCC(=O)NCc1ccco1. The van der Waals surface area contributed by atoms with E-state index in [1.54, 1.807) is 18.4 Å². The Kier molecular flexibility index (Phi) is 5.81. The van der Waals surface area contributed by atoms with Crippen molar-refractivity contribution in [3.05, 3.63) is 24.2 Å². The van der Waals surface area contributed by atoms with E-state index in [-0.39, 0.29) is 18.9 Å². The highest BCUT2D eigenvalue weighted by Crippen LogP contribution is 1.97. The number of hydrogen-bond donors (Lipinski definition) is 3. The van der Waals surface area contributed by atoms with E-state index in [0.717, 1.165) is 0 Å². The van der Waals surface area contributed by atoms with Gasteiger partial charge in [-0.2, -0.15) is 0 Å². The van der Waals surface area contributed by atoms with Crippen LogP contribution in [0.3, 0.4) is 0 Å². The fraction of sp³-hybridized carbons (Fsp3) is 0.455. The van der Waals surface area contributed by atoms with Crippen LogP contribution in [0.15, 0.2) is 22.8 Å². The van der Waals surface area contributed by atoms with Crippen LogP contribution in [-0.4, -0.2) is 30.1 Å². The fourth-order valence-corrected chi connectivity index (χ4v) is 1.23. The molecule has 0 saturated carbocycles. The number of carboxylic acids is 1. The van der Waals surface area contributed by atoms with Crippen molar-refractivity contribution in [2.75, 3.05) is 13.1 Å². The zero-order valence-corrected chi connectivity index (χ0v) is 9.44. The molecule has 1 rings (SSSR count). The Morgan fingerprint density at radius 3 is 2.88 bits per heavy atom. The zero-order valence-electron chi connectivity index (χ0n) is 9.44. The molecule has 17 heavy (non-hydrogen) atoms. The third kappa shape index (κ3) is 6.36. The predicted molar refractivity (Wildman–Crippen MR) is 60.3 cm³/mol. The van der Waals surface area contributed by atoms with Crippen molar-refractivity contribution in [3.8, 4) is 0 Å². The highest BCUT2D eigenvalue weighted by atomic mass is 16.4. The molecule has 0 aromatic carbocycles. The van der Waals surface area contributed by atoms with Crippen LogP contribution in [0.5, 0.6) is 0 Å². The molecule has 1 aromatic heterocycles. The van der Waals surface area contributed by atoms with Crippen LogP contribution < -0.4 is 10.6 Å². The van der Waals surface area contributed by atoms with Gasteiger partial charge in [0, 0.05) is 6.42 Å². The summed E-state index contributed by atoms with van der Waals surface area (Å²) in [4.78, 5) is 21.5. The summed E-state index contributed by atoms with van der Waals surface area (Å²) in [5.41, 5.74) is 0. The molecule has 1 aromatic rings. The lowest BCUT2D eigenvalue weighted by Gasteiger charge is -2.04. The number of nitrogens with one attached hydrogen (secondary N) is 2. The number of furan rings is 1. The van der Waals surface area contributed by atoms with Gasteiger partial charge in [-0.1, -0.05) is 0 Å². The highest BCUT2D eigenvalue weighted by Gasteiger charge is 2.02. The molecule has 0 saturated heterocycles. The van der Waals surface area contributed by atoms with E-state index in [4.69, 9.17) is 9.52 Å². The van der Waals surface area contributed by atoms with Crippen LogP contribution in [0.2, 0.25) is 0 Å². The third-order valence-electron chi connectivity index (χ3n) is 2.07. The number of carbonyl (C=O) groups excluding carboxylic acids is 1. The second kappa shape index (κ2) is 7.45. The summed E-state index contributed by atoms with van der Waals surface area (Å²) >= 11 is 0. The molecule has 0 spiro atoms. The summed E-state index contributed by atoms with van der Waals surface area (Å²) in [6, 6.07) is 3.53. The summed E-state index contributed by atoms with van der Waals surface area (Å²) in [6.45, 7) is 1.06. The monoisotopic (exact) mass is 240 g/mol. The van der Waals surface area contributed by atoms with Crippen molar-refractivity contribution in [1.29, 1.82) is 0 Å². The zero-order chi connectivity index (χ0) is 12.5. The molecule has 0 atom stereocenters. The van der Waals surface area contributed by atoms with Gasteiger partial charge in [-0.25, -0.2) is 0 Å². The second-order valence-corrected chi connectivity index (χ2v) is 3.53. The molecule has 0 aliphatic rings. The summed E-state index contributed by atoms with van der Waals surface area (Å²) in [5.74, 6) is -0.268. The van der Waals surface area contributed by atoms with Crippen LogP contribution in [0, 0.1) is 0 Å². The molecule has 6 heteroatoms. The largest absolute Gasteiger partial charge is 0.481 e. The maximum Gasteiger partial charge on any atom is 0.303 e. The highest BCUT2D eigenvalue weighted by molar-refractivity contribution is 5.77. The summed E-state index contributed by atoms with van der Waals surface area (Å²) in [5, 5.41) is 13.9. The molecule has 0 bridgehead atoms. The minimum atomic E-state index is -0.825. The number of carboxylic acid groups (broad SMARTS) is 1. The van der Waals surface area contributed by atoms with Crippen molar-refractivity contribution >= 4 is 11.9 Å². The molecule has 0 radical (unpaired) electrons. The summed E-state index contributed by atoms with van der Waals surface area (Å²) in [7, 11) is 0. The van der Waals surface area contributed by atoms with Gasteiger partial charge in [-0.3, -0.25) is 9.59 Å². The molecular weight excluding hydrogens is 224 g/mol. The first-order valence-corrected chi connectivity index (χ1v) is 5.40. The Morgan fingerprint density at radius 2 is 2.24 bits per heavy atom. The minimum Gasteiger partial charge on any atom is -0.481 e. The van der Waals surface area contributed by atoms with E-state index in [2.05, 4.69) is 10.6 Å². The Balaban J connectivity index is 2.00. The summed E-state index contributed by atoms with van der Waals surface area (Å²) < 4.78 is 5.05. The lowest BCUT2D eigenvalue weighted by atomic mass is 10.3. The van der Waals surface area contributed by atoms with Crippen LogP contribution in [0.4, 0.5) is 0 Å². The van der Waals surface area contributed by atoms with Gasteiger partial charge in [0.25, 0.3) is 0 Å². The normalized spacial score (nSPS) is 10.1. The van der Waals surface area contributed by atoms with E-state index < -0.39 is 5.97 Å². The smallest absolute Gasteiger partial charge is 0.303 e. The van der Waals surface area contributed by atoms with Crippen LogP contribution in [0.25, 0.3) is 0 Å². The van der Waals surface area contributed by atoms with E-state index in [1.807, 2.05) is 0 Å². The molecular formula is C11H16N2O4. The predicted octanol–water partition coefficient (Wildman–Crippen LogP) is 0.350. The third-order valence-corrected chi connectivity index (χ3v) is 2.07. The van der Waals surface area contributed by atoms with Gasteiger partial charge in [0.1, 0.15) is 5.76 Å². The van der Waals surface area contributed by atoms with Crippen molar-refractivity contribution in [2.45, 2.75) is 19.4 Å². The average molecular weight is 240 g/mol. The summed E-state index contributed by atoms with van der Waals surface area (Å²) in [6.07, 6.45) is 2.17. The molecule has 1 amide bonds. The lowest BCUT2D eigenvalue weighted by Crippen LogP contribution is -2.33. The van der Waals surface area contributed by atoms with Crippen molar-refractivity contribution in [2.24, 2.45) is 0 Å². The van der Waals surface area contributed by atoms with Crippen LogP contribution in [0.1, 0.15) is 18.6 Å². The van der Waals surface area contributed by atoms with Gasteiger partial charge in [0.05, 0.1) is 19.4 Å².